The number of amides is 1. The molecule has 116 valence electrons. The Labute approximate surface area is 132 Å². The molecule has 0 saturated heterocycles. The van der Waals surface area contributed by atoms with Gasteiger partial charge in [-0.1, -0.05) is 0 Å². The van der Waals surface area contributed by atoms with Crippen molar-refractivity contribution in [2.75, 3.05) is 6.54 Å². The van der Waals surface area contributed by atoms with Crippen LogP contribution in [0.25, 0.3) is 0 Å². The van der Waals surface area contributed by atoms with Gasteiger partial charge in [0.05, 0.1) is 16.3 Å². The van der Waals surface area contributed by atoms with E-state index in [1.807, 2.05) is 6.92 Å². The lowest BCUT2D eigenvalue weighted by molar-refractivity contribution is 0.0949. The summed E-state index contributed by atoms with van der Waals surface area (Å²) in [6, 6.07) is 1.44. The van der Waals surface area contributed by atoms with Crippen molar-refractivity contribution in [3.8, 4) is 0 Å². The van der Waals surface area contributed by atoms with Crippen molar-refractivity contribution in [1.82, 2.24) is 15.3 Å². The number of H-pyrrole nitrogens is 1. The quantitative estimate of drug-likeness (QED) is 0.912. The molecule has 3 rings (SSSR count). The maximum Gasteiger partial charge on any atom is 0.253 e. The van der Waals surface area contributed by atoms with Crippen molar-refractivity contribution in [1.29, 1.82) is 0 Å². The van der Waals surface area contributed by atoms with Crippen LogP contribution in [0.4, 0.5) is 0 Å². The summed E-state index contributed by atoms with van der Waals surface area (Å²) in [4.78, 5) is 32.0. The minimum absolute atomic E-state index is 0.146. The van der Waals surface area contributed by atoms with Gasteiger partial charge in [0.25, 0.3) is 5.91 Å². The summed E-state index contributed by atoms with van der Waals surface area (Å²) in [7, 11) is 0. The zero-order valence-electron chi connectivity index (χ0n) is 12.7. The monoisotopic (exact) mass is 317 g/mol. The lowest BCUT2D eigenvalue weighted by atomic mass is 9.91. The van der Waals surface area contributed by atoms with Crippen molar-refractivity contribution in [3.63, 3.8) is 0 Å². The van der Waals surface area contributed by atoms with Gasteiger partial charge in [-0.05, 0) is 38.7 Å². The number of hydrogen-bond acceptors (Lipinski definition) is 4. The summed E-state index contributed by atoms with van der Waals surface area (Å²) in [5, 5.41) is 4.08. The van der Waals surface area contributed by atoms with Gasteiger partial charge >= 0.3 is 0 Å². The maximum absolute atomic E-state index is 12.3. The Morgan fingerprint density at radius 3 is 3.09 bits per heavy atom. The Kier molecular flexibility index (Phi) is 4.11. The highest BCUT2D eigenvalue weighted by Gasteiger charge is 2.24. The van der Waals surface area contributed by atoms with Crippen molar-refractivity contribution in [3.05, 3.63) is 49.3 Å². The molecule has 0 saturated carbocycles. The number of carbonyl (C=O) groups is 1. The van der Waals surface area contributed by atoms with Crippen LogP contribution in [0.1, 0.15) is 50.3 Å². The number of pyridine rings is 1. The molecule has 1 aliphatic carbocycles. The number of hydrogen-bond donors (Lipinski definition) is 2. The second-order valence-electron chi connectivity index (χ2n) is 5.73. The fourth-order valence-corrected chi connectivity index (χ4v) is 4.02. The van der Waals surface area contributed by atoms with E-state index >= 15 is 0 Å². The Morgan fingerprint density at radius 1 is 1.50 bits per heavy atom. The smallest absolute Gasteiger partial charge is 0.253 e. The Balaban J connectivity index is 1.70. The van der Waals surface area contributed by atoms with Crippen molar-refractivity contribution in [2.24, 2.45) is 0 Å². The fraction of sp³-hybridized carbons (Fsp3) is 0.438. The largest absolute Gasteiger partial charge is 0.351 e. The molecular formula is C16H19N3O2S. The van der Waals surface area contributed by atoms with E-state index in [1.165, 1.54) is 17.1 Å². The predicted molar refractivity (Wildman–Crippen MR) is 86.7 cm³/mol. The minimum atomic E-state index is -0.191. The molecule has 0 bridgehead atoms. The maximum atomic E-state index is 12.3. The molecule has 22 heavy (non-hydrogen) atoms. The molecule has 1 aliphatic rings. The Bertz CT molecular complexity index is 763. The third-order valence-electron chi connectivity index (χ3n) is 4.06. The Morgan fingerprint density at radius 2 is 2.32 bits per heavy atom. The lowest BCUT2D eigenvalue weighted by Crippen LogP contribution is -2.31. The first kappa shape index (κ1) is 15.0. The lowest BCUT2D eigenvalue weighted by Gasteiger charge is -2.21. The molecule has 0 aliphatic heterocycles. The minimum Gasteiger partial charge on any atom is -0.351 e. The number of aromatic nitrogens is 2. The zero-order chi connectivity index (χ0) is 15.7. The number of carbonyl (C=O) groups excluding carboxylic acids is 1. The summed E-state index contributed by atoms with van der Waals surface area (Å²) in [5.74, 6) is 0.147. The van der Waals surface area contributed by atoms with Gasteiger partial charge in [0.1, 0.15) is 0 Å². The van der Waals surface area contributed by atoms with Crippen LogP contribution in [0, 0.1) is 13.8 Å². The van der Waals surface area contributed by atoms with Gasteiger partial charge in [0.2, 0.25) is 5.56 Å². The fourth-order valence-electron chi connectivity index (χ4n) is 2.96. The summed E-state index contributed by atoms with van der Waals surface area (Å²) in [5.41, 5.74) is 2.18. The first-order valence-corrected chi connectivity index (χ1v) is 8.30. The number of aromatic amines is 1. The molecule has 2 heterocycles. The predicted octanol–water partition coefficient (Wildman–Crippen LogP) is 2.30. The van der Waals surface area contributed by atoms with Crippen LogP contribution in [0.3, 0.4) is 0 Å². The van der Waals surface area contributed by atoms with E-state index in [2.05, 4.69) is 15.3 Å². The number of thiazole rings is 1. The van der Waals surface area contributed by atoms with Gasteiger partial charge in [-0.25, -0.2) is 4.98 Å². The average Bonchev–Trinajstić information content (AvgIpc) is 2.85. The molecule has 0 aromatic carbocycles. The number of nitrogens with one attached hydrogen (secondary N) is 2. The SMILES string of the molecule is Cc1nc2c(s1)CCCC2CNC(=O)c1c[nH]c(=O)cc1C. The highest BCUT2D eigenvalue weighted by atomic mass is 32.1. The number of rotatable bonds is 3. The third-order valence-corrected chi connectivity index (χ3v) is 5.11. The third kappa shape index (κ3) is 2.97. The van der Waals surface area contributed by atoms with Crippen LogP contribution in [0.5, 0.6) is 0 Å². The van der Waals surface area contributed by atoms with Crippen molar-refractivity contribution < 1.29 is 4.79 Å². The van der Waals surface area contributed by atoms with Crippen LogP contribution >= 0.6 is 11.3 Å². The van der Waals surface area contributed by atoms with Crippen molar-refractivity contribution >= 4 is 17.2 Å². The molecule has 1 unspecified atom stereocenters. The van der Waals surface area contributed by atoms with Gasteiger partial charge in [0.15, 0.2) is 0 Å². The molecule has 0 spiro atoms. The summed E-state index contributed by atoms with van der Waals surface area (Å²) < 4.78 is 0. The molecule has 2 aromatic rings. The first-order valence-electron chi connectivity index (χ1n) is 7.48. The number of aryl methyl sites for hydroxylation is 3. The summed E-state index contributed by atoms with van der Waals surface area (Å²) >= 11 is 1.77. The van der Waals surface area contributed by atoms with Gasteiger partial charge in [0, 0.05) is 29.6 Å². The van der Waals surface area contributed by atoms with Crippen LogP contribution < -0.4 is 10.9 Å². The average molecular weight is 317 g/mol. The highest BCUT2D eigenvalue weighted by molar-refractivity contribution is 7.11. The molecule has 5 nitrogen and oxygen atoms in total. The molecule has 6 heteroatoms. The molecule has 1 amide bonds. The van der Waals surface area contributed by atoms with Gasteiger partial charge in [-0.2, -0.15) is 0 Å². The van der Waals surface area contributed by atoms with E-state index in [1.54, 1.807) is 18.3 Å². The van der Waals surface area contributed by atoms with Crippen LogP contribution in [0.2, 0.25) is 0 Å². The summed E-state index contributed by atoms with van der Waals surface area (Å²) in [6.07, 6.45) is 4.78. The normalized spacial score (nSPS) is 17.1. The molecule has 0 radical (unpaired) electrons. The van der Waals surface area contributed by atoms with Gasteiger partial charge in [-0.15, -0.1) is 11.3 Å². The first-order chi connectivity index (χ1) is 10.5. The second kappa shape index (κ2) is 6.04. The number of fused-ring (bicyclic) bond motifs is 1. The molecule has 1 atom stereocenters. The van der Waals surface area contributed by atoms with E-state index in [0.717, 1.165) is 30.0 Å². The molecular weight excluding hydrogens is 298 g/mol. The summed E-state index contributed by atoms with van der Waals surface area (Å²) in [6.45, 7) is 4.39. The highest BCUT2D eigenvalue weighted by Crippen LogP contribution is 2.34. The van der Waals surface area contributed by atoms with Crippen LogP contribution in [0.15, 0.2) is 17.1 Å². The van der Waals surface area contributed by atoms with E-state index in [0.29, 0.717) is 23.6 Å². The van der Waals surface area contributed by atoms with E-state index in [-0.39, 0.29) is 11.5 Å². The van der Waals surface area contributed by atoms with E-state index < -0.39 is 0 Å². The molecule has 2 aromatic heterocycles. The second-order valence-corrected chi connectivity index (χ2v) is 7.02. The molecule has 2 N–H and O–H groups in total. The van der Waals surface area contributed by atoms with E-state index in [9.17, 15) is 9.59 Å². The van der Waals surface area contributed by atoms with Gasteiger partial charge in [-0.3, -0.25) is 9.59 Å². The molecule has 0 fully saturated rings. The van der Waals surface area contributed by atoms with E-state index in [4.69, 9.17) is 0 Å². The standard InChI is InChI=1S/C16H19N3O2S/c1-9-6-14(20)17-8-12(9)16(21)18-7-11-4-3-5-13-15(11)19-10(2)22-13/h6,8,11H,3-5,7H2,1-2H3,(H,17,20)(H,18,21). The van der Waals surface area contributed by atoms with Crippen LogP contribution in [-0.2, 0) is 6.42 Å². The van der Waals surface area contributed by atoms with Crippen LogP contribution in [-0.4, -0.2) is 22.4 Å². The topological polar surface area (TPSA) is 74.8 Å². The number of nitrogens with zero attached hydrogens (tertiary/aromatic N) is 1. The zero-order valence-corrected chi connectivity index (χ0v) is 13.5. The Hall–Kier alpha value is -1.95. The van der Waals surface area contributed by atoms with Gasteiger partial charge < -0.3 is 10.3 Å². The van der Waals surface area contributed by atoms with Crippen molar-refractivity contribution in [2.45, 2.75) is 39.0 Å².